The lowest BCUT2D eigenvalue weighted by Crippen LogP contribution is -2.45. The van der Waals surface area contributed by atoms with Crippen LogP contribution >= 0.6 is 11.3 Å². The number of halogens is 2. The minimum atomic E-state index is -1.18. The van der Waals surface area contributed by atoms with Crippen LogP contribution < -0.4 is 5.32 Å². The lowest BCUT2D eigenvalue weighted by atomic mass is 10.0. The van der Waals surface area contributed by atoms with Gasteiger partial charge in [-0.3, -0.25) is 4.90 Å². The van der Waals surface area contributed by atoms with E-state index in [1.165, 1.54) is 6.07 Å². The number of nitrogens with zero attached hydrogens (tertiary/aromatic N) is 1. The molecule has 1 aliphatic rings. The SMILES string of the molecule is Oc1c([C@@H](c2cccs2)N2CCNCC2)ccc(F)c1F. The van der Waals surface area contributed by atoms with Gasteiger partial charge in [-0.2, -0.15) is 4.39 Å². The molecule has 2 heterocycles. The highest BCUT2D eigenvalue weighted by molar-refractivity contribution is 7.10. The van der Waals surface area contributed by atoms with E-state index < -0.39 is 17.4 Å². The first-order valence-corrected chi connectivity index (χ1v) is 7.71. The second-order valence-corrected chi connectivity index (χ2v) is 5.98. The van der Waals surface area contributed by atoms with Crippen molar-refractivity contribution in [2.45, 2.75) is 6.04 Å². The number of hydrogen-bond acceptors (Lipinski definition) is 4. The highest BCUT2D eigenvalue weighted by atomic mass is 32.1. The van der Waals surface area contributed by atoms with Crippen LogP contribution in [-0.2, 0) is 0 Å². The van der Waals surface area contributed by atoms with Crippen molar-refractivity contribution >= 4 is 11.3 Å². The first-order chi connectivity index (χ1) is 10.2. The maximum absolute atomic E-state index is 13.7. The number of hydrogen-bond donors (Lipinski definition) is 2. The van der Waals surface area contributed by atoms with Crippen LogP contribution in [0.2, 0.25) is 0 Å². The van der Waals surface area contributed by atoms with E-state index in [-0.39, 0.29) is 6.04 Å². The predicted octanol–water partition coefficient (Wildman–Crippen LogP) is 2.73. The molecule has 112 valence electrons. The maximum atomic E-state index is 13.7. The molecule has 0 unspecified atom stereocenters. The van der Waals surface area contributed by atoms with E-state index >= 15 is 0 Å². The largest absolute Gasteiger partial charge is 0.505 e. The Hall–Kier alpha value is -1.50. The normalized spacial score (nSPS) is 17.8. The van der Waals surface area contributed by atoms with E-state index in [0.29, 0.717) is 5.56 Å². The van der Waals surface area contributed by atoms with Gasteiger partial charge in [0.1, 0.15) is 0 Å². The maximum Gasteiger partial charge on any atom is 0.200 e. The second kappa shape index (κ2) is 6.09. The van der Waals surface area contributed by atoms with Crippen molar-refractivity contribution in [3.05, 3.63) is 51.7 Å². The van der Waals surface area contributed by atoms with Crippen LogP contribution in [0.1, 0.15) is 16.5 Å². The van der Waals surface area contributed by atoms with Gasteiger partial charge >= 0.3 is 0 Å². The lowest BCUT2D eigenvalue weighted by molar-refractivity contribution is 0.197. The molecule has 0 radical (unpaired) electrons. The van der Waals surface area contributed by atoms with Gasteiger partial charge in [-0.1, -0.05) is 12.1 Å². The summed E-state index contributed by atoms with van der Waals surface area (Å²) in [5.41, 5.74) is 0.415. The summed E-state index contributed by atoms with van der Waals surface area (Å²) in [6.45, 7) is 3.26. The fraction of sp³-hybridized carbons (Fsp3) is 0.333. The standard InChI is InChI=1S/C15H16F2N2OS/c16-11-4-3-10(15(20)13(11)17)14(12-2-1-9-21-12)19-7-5-18-6-8-19/h1-4,9,14,18,20H,5-8H2/t14-/m0/s1. The number of nitrogens with one attached hydrogen (secondary N) is 1. The molecule has 2 N–H and O–H groups in total. The van der Waals surface area contributed by atoms with Crippen molar-refractivity contribution in [1.82, 2.24) is 10.2 Å². The molecule has 1 aliphatic heterocycles. The molecule has 0 spiro atoms. The number of piperazine rings is 1. The monoisotopic (exact) mass is 310 g/mol. The summed E-state index contributed by atoms with van der Waals surface area (Å²) in [5.74, 6) is -2.79. The fourth-order valence-corrected chi connectivity index (χ4v) is 3.57. The van der Waals surface area contributed by atoms with E-state index in [1.807, 2.05) is 17.5 Å². The summed E-state index contributed by atoms with van der Waals surface area (Å²) in [6, 6.07) is 6.18. The Balaban J connectivity index is 2.05. The molecule has 3 nitrogen and oxygen atoms in total. The quantitative estimate of drug-likeness (QED) is 0.915. The summed E-state index contributed by atoms with van der Waals surface area (Å²) in [6.07, 6.45) is 0. The number of thiophene rings is 1. The first kappa shape index (κ1) is 14.4. The van der Waals surface area contributed by atoms with Crippen molar-refractivity contribution in [2.75, 3.05) is 26.2 Å². The zero-order valence-corrected chi connectivity index (χ0v) is 12.2. The lowest BCUT2D eigenvalue weighted by Gasteiger charge is -2.35. The summed E-state index contributed by atoms with van der Waals surface area (Å²) in [4.78, 5) is 3.19. The molecule has 3 rings (SSSR count). The smallest absolute Gasteiger partial charge is 0.200 e. The minimum Gasteiger partial charge on any atom is -0.505 e. The Morgan fingerprint density at radius 2 is 1.95 bits per heavy atom. The molecule has 0 amide bonds. The van der Waals surface area contributed by atoms with Gasteiger partial charge in [0.15, 0.2) is 11.6 Å². The van der Waals surface area contributed by atoms with Gasteiger partial charge in [-0.25, -0.2) is 4.39 Å². The molecule has 1 atom stereocenters. The van der Waals surface area contributed by atoms with Crippen molar-refractivity contribution in [3.63, 3.8) is 0 Å². The van der Waals surface area contributed by atoms with Gasteiger partial charge in [0.05, 0.1) is 6.04 Å². The molecule has 0 bridgehead atoms. The van der Waals surface area contributed by atoms with E-state index in [9.17, 15) is 13.9 Å². The Labute approximate surface area is 125 Å². The van der Waals surface area contributed by atoms with Gasteiger partial charge in [0, 0.05) is 36.6 Å². The van der Waals surface area contributed by atoms with Gasteiger partial charge in [-0.05, 0) is 17.5 Å². The second-order valence-electron chi connectivity index (χ2n) is 5.00. The third-order valence-electron chi connectivity index (χ3n) is 3.72. The summed E-state index contributed by atoms with van der Waals surface area (Å²) < 4.78 is 27.0. The molecule has 1 fully saturated rings. The zero-order valence-electron chi connectivity index (χ0n) is 11.4. The van der Waals surface area contributed by atoms with E-state index in [1.54, 1.807) is 11.3 Å². The van der Waals surface area contributed by atoms with Crippen LogP contribution in [0.3, 0.4) is 0 Å². The Kier molecular flexibility index (Phi) is 4.19. The van der Waals surface area contributed by atoms with Crippen molar-refractivity contribution < 1.29 is 13.9 Å². The fourth-order valence-electron chi connectivity index (χ4n) is 2.69. The Morgan fingerprint density at radius 3 is 2.62 bits per heavy atom. The molecular formula is C15H16F2N2OS. The van der Waals surface area contributed by atoms with Gasteiger partial charge in [-0.15, -0.1) is 11.3 Å². The van der Waals surface area contributed by atoms with Crippen LogP contribution in [0.25, 0.3) is 0 Å². The Bertz CT molecular complexity index is 612. The molecule has 6 heteroatoms. The molecule has 0 aliphatic carbocycles. The first-order valence-electron chi connectivity index (χ1n) is 6.83. The Morgan fingerprint density at radius 1 is 1.19 bits per heavy atom. The number of aromatic hydroxyl groups is 1. The third-order valence-corrected chi connectivity index (χ3v) is 4.65. The number of benzene rings is 1. The number of phenols is 1. The van der Waals surface area contributed by atoms with Crippen LogP contribution in [-0.4, -0.2) is 36.2 Å². The zero-order chi connectivity index (χ0) is 14.8. The predicted molar refractivity (Wildman–Crippen MR) is 78.6 cm³/mol. The van der Waals surface area contributed by atoms with Gasteiger partial charge in [0.2, 0.25) is 5.82 Å². The minimum absolute atomic E-state index is 0.248. The molecule has 0 saturated carbocycles. The molecular weight excluding hydrogens is 294 g/mol. The molecule has 21 heavy (non-hydrogen) atoms. The van der Waals surface area contributed by atoms with Crippen LogP contribution in [0.5, 0.6) is 5.75 Å². The summed E-state index contributed by atoms with van der Waals surface area (Å²) in [5, 5.41) is 15.2. The molecule has 2 aromatic rings. The molecule has 1 aromatic carbocycles. The average molecular weight is 310 g/mol. The van der Waals surface area contributed by atoms with Gasteiger partial charge in [0.25, 0.3) is 0 Å². The van der Waals surface area contributed by atoms with E-state index in [4.69, 9.17) is 0 Å². The highest BCUT2D eigenvalue weighted by Crippen LogP contribution is 2.38. The van der Waals surface area contributed by atoms with E-state index in [2.05, 4.69) is 10.2 Å². The average Bonchev–Trinajstić information content (AvgIpc) is 3.03. The van der Waals surface area contributed by atoms with Crippen LogP contribution in [0, 0.1) is 11.6 Å². The van der Waals surface area contributed by atoms with Crippen molar-refractivity contribution in [3.8, 4) is 5.75 Å². The van der Waals surface area contributed by atoms with E-state index in [0.717, 1.165) is 37.1 Å². The van der Waals surface area contributed by atoms with Gasteiger partial charge < -0.3 is 10.4 Å². The topological polar surface area (TPSA) is 35.5 Å². The number of phenolic OH excluding ortho intramolecular Hbond substituents is 1. The summed E-state index contributed by atoms with van der Waals surface area (Å²) in [7, 11) is 0. The van der Waals surface area contributed by atoms with Crippen LogP contribution in [0.4, 0.5) is 8.78 Å². The van der Waals surface area contributed by atoms with Crippen molar-refractivity contribution in [1.29, 1.82) is 0 Å². The molecule has 1 aromatic heterocycles. The van der Waals surface area contributed by atoms with Crippen LogP contribution in [0.15, 0.2) is 29.6 Å². The third kappa shape index (κ3) is 2.79. The number of rotatable bonds is 3. The summed E-state index contributed by atoms with van der Waals surface area (Å²) >= 11 is 1.55. The highest BCUT2D eigenvalue weighted by Gasteiger charge is 2.28. The molecule has 1 saturated heterocycles. The van der Waals surface area contributed by atoms with Crippen molar-refractivity contribution in [2.24, 2.45) is 0 Å².